The molecule has 0 saturated heterocycles. The molecule has 13 heteroatoms. The SMILES string of the molecule is CO[Si](C[Si](C[Si](OC)(OC)OC)C[Si](OC)(OC)OC)(OC)OC. The zero-order valence-electron chi connectivity index (χ0n) is 16.8. The maximum Gasteiger partial charge on any atom is 0.497 e. The standard InChI is InChI=1S/C12H33O9Si4/c1-13-23(14-2,15-3)10-22(11-24(16-4,17-5)18-6)12-25(19-7,20-8)21-9/h10-12H2,1-9H3. The third-order valence-corrected chi connectivity index (χ3v) is 21.0. The maximum absolute atomic E-state index is 5.60. The van der Waals surface area contributed by atoms with Crippen LogP contribution in [0.2, 0.25) is 17.0 Å². The van der Waals surface area contributed by atoms with E-state index in [4.69, 9.17) is 39.8 Å². The summed E-state index contributed by atoms with van der Waals surface area (Å²) in [5.74, 6) is 0. The predicted molar refractivity (Wildman–Crippen MR) is 101 cm³/mol. The van der Waals surface area contributed by atoms with E-state index in [0.717, 1.165) is 0 Å². The molecule has 0 amide bonds. The van der Waals surface area contributed by atoms with Crippen molar-refractivity contribution in [2.24, 2.45) is 0 Å². The summed E-state index contributed by atoms with van der Waals surface area (Å²) >= 11 is 0. The molecule has 0 unspecified atom stereocenters. The van der Waals surface area contributed by atoms with Crippen molar-refractivity contribution >= 4 is 35.2 Å². The Balaban J connectivity index is 5.64. The highest BCUT2D eigenvalue weighted by molar-refractivity contribution is 6.92. The van der Waals surface area contributed by atoms with Gasteiger partial charge in [0.15, 0.2) is 0 Å². The summed E-state index contributed by atoms with van der Waals surface area (Å²) in [6.45, 7) is 0. The summed E-state index contributed by atoms with van der Waals surface area (Å²) in [7, 11) is 4.71. The van der Waals surface area contributed by atoms with Crippen LogP contribution in [0.3, 0.4) is 0 Å². The van der Waals surface area contributed by atoms with Gasteiger partial charge in [-0.2, -0.15) is 0 Å². The van der Waals surface area contributed by atoms with E-state index >= 15 is 0 Å². The number of hydrogen-bond acceptors (Lipinski definition) is 9. The van der Waals surface area contributed by atoms with Gasteiger partial charge in [-0.15, -0.1) is 0 Å². The summed E-state index contributed by atoms with van der Waals surface area (Å²) in [5, 5.41) is 0. The molecule has 0 rings (SSSR count). The van der Waals surface area contributed by atoms with E-state index in [1.165, 1.54) is 0 Å². The van der Waals surface area contributed by atoms with Crippen molar-refractivity contribution in [3.8, 4) is 0 Å². The molecule has 0 bridgehead atoms. The highest BCUT2D eigenvalue weighted by atomic mass is 28.5. The molecule has 0 aromatic rings. The summed E-state index contributed by atoms with van der Waals surface area (Å²) in [5.41, 5.74) is 1.87. The lowest BCUT2D eigenvalue weighted by Gasteiger charge is -2.34. The number of rotatable bonds is 15. The lowest BCUT2D eigenvalue weighted by Crippen LogP contribution is -2.55. The fourth-order valence-corrected chi connectivity index (χ4v) is 21.4. The van der Waals surface area contributed by atoms with Gasteiger partial charge in [0.25, 0.3) is 0 Å². The van der Waals surface area contributed by atoms with Crippen molar-refractivity contribution in [2.45, 2.75) is 17.0 Å². The first-order chi connectivity index (χ1) is 11.8. The molecular weight excluding hydrogens is 400 g/mol. The minimum atomic E-state index is -2.80. The lowest BCUT2D eigenvalue weighted by molar-refractivity contribution is 0.124. The van der Waals surface area contributed by atoms with Crippen LogP contribution in [-0.4, -0.2) is 99.2 Å². The molecule has 0 aliphatic heterocycles. The van der Waals surface area contributed by atoms with Crippen molar-refractivity contribution in [1.82, 2.24) is 0 Å². The number of hydrogen-bond donors (Lipinski definition) is 0. The molecule has 0 N–H and O–H groups in total. The minimum Gasteiger partial charge on any atom is -0.377 e. The minimum absolute atomic E-state index is 0.622. The molecule has 0 aromatic heterocycles. The van der Waals surface area contributed by atoms with Gasteiger partial charge in [0, 0.05) is 81.0 Å². The van der Waals surface area contributed by atoms with Crippen LogP contribution in [0, 0.1) is 0 Å². The van der Waals surface area contributed by atoms with Crippen LogP contribution in [-0.2, 0) is 39.8 Å². The summed E-state index contributed by atoms with van der Waals surface area (Å²) in [6, 6.07) is 0. The van der Waals surface area contributed by atoms with E-state index in [2.05, 4.69) is 0 Å². The van der Waals surface area contributed by atoms with Crippen molar-refractivity contribution in [3.05, 3.63) is 0 Å². The normalized spacial score (nSPS) is 13.7. The Morgan fingerprint density at radius 2 is 0.560 bits per heavy atom. The Labute approximate surface area is 156 Å². The third kappa shape index (κ3) is 6.87. The molecule has 0 heterocycles. The molecule has 0 spiro atoms. The van der Waals surface area contributed by atoms with Crippen molar-refractivity contribution in [2.75, 3.05) is 64.0 Å². The zero-order valence-corrected chi connectivity index (χ0v) is 20.8. The van der Waals surface area contributed by atoms with Crippen LogP contribution in [0.15, 0.2) is 0 Å². The van der Waals surface area contributed by atoms with Gasteiger partial charge in [0.05, 0.1) is 8.80 Å². The van der Waals surface area contributed by atoms with Gasteiger partial charge in [-0.3, -0.25) is 0 Å². The molecule has 25 heavy (non-hydrogen) atoms. The Hall–Kier alpha value is 0.508. The topological polar surface area (TPSA) is 83.1 Å². The van der Waals surface area contributed by atoms with Gasteiger partial charge >= 0.3 is 26.4 Å². The molecule has 0 atom stereocenters. The van der Waals surface area contributed by atoms with E-state index in [9.17, 15) is 0 Å². The van der Waals surface area contributed by atoms with Crippen LogP contribution in [0.25, 0.3) is 0 Å². The second kappa shape index (κ2) is 12.1. The Bertz CT molecular complexity index is 274. The summed E-state index contributed by atoms with van der Waals surface area (Å²) in [6.07, 6.45) is 0. The molecule has 0 saturated carbocycles. The smallest absolute Gasteiger partial charge is 0.377 e. The van der Waals surface area contributed by atoms with Crippen molar-refractivity contribution < 1.29 is 39.8 Å². The van der Waals surface area contributed by atoms with E-state index < -0.39 is 35.2 Å². The second-order valence-electron chi connectivity index (χ2n) is 5.17. The van der Waals surface area contributed by atoms with E-state index in [0.29, 0.717) is 17.0 Å². The molecule has 9 nitrogen and oxygen atoms in total. The first-order valence-corrected chi connectivity index (χ1v) is 15.5. The van der Waals surface area contributed by atoms with E-state index in [1.54, 1.807) is 64.0 Å². The summed E-state index contributed by atoms with van der Waals surface area (Å²) < 4.78 is 50.4. The fourth-order valence-electron chi connectivity index (χ4n) is 2.51. The Kier molecular flexibility index (Phi) is 12.3. The van der Waals surface area contributed by atoms with Gasteiger partial charge in [0.1, 0.15) is 0 Å². The average molecular weight is 434 g/mol. The highest BCUT2D eigenvalue weighted by Gasteiger charge is 2.52. The second-order valence-corrected chi connectivity index (χ2v) is 18.7. The van der Waals surface area contributed by atoms with Gasteiger partial charge < -0.3 is 39.8 Å². The highest BCUT2D eigenvalue weighted by Crippen LogP contribution is 2.28. The first kappa shape index (κ1) is 25.5. The molecule has 1 radical (unpaired) electrons. The first-order valence-electron chi connectivity index (χ1n) is 7.63. The quantitative estimate of drug-likeness (QED) is 0.347. The van der Waals surface area contributed by atoms with Gasteiger partial charge in [-0.05, 0) is 0 Å². The Morgan fingerprint density at radius 3 is 0.680 bits per heavy atom. The van der Waals surface area contributed by atoms with Gasteiger partial charge in [-0.25, -0.2) is 0 Å². The average Bonchev–Trinajstić information content (AvgIpc) is 2.68. The van der Waals surface area contributed by atoms with Gasteiger partial charge in [0.2, 0.25) is 0 Å². The molecule has 0 fully saturated rings. The molecule has 151 valence electrons. The van der Waals surface area contributed by atoms with Crippen LogP contribution in [0.1, 0.15) is 0 Å². The van der Waals surface area contributed by atoms with E-state index in [-0.39, 0.29) is 0 Å². The molecular formula is C12H33O9Si4. The summed E-state index contributed by atoms with van der Waals surface area (Å²) in [4.78, 5) is 0. The Morgan fingerprint density at radius 1 is 0.400 bits per heavy atom. The van der Waals surface area contributed by atoms with Crippen LogP contribution in [0.5, 0.6) is 0 Å². The van der Waals surface area contributed by atoms with Crippen LogP contribution < -0.4 is 0 Å². The molecule has 0 aromatic carbocycles. The largest absolute Gasteiger partial charge is 0.497 e. The fraction of sp³-hybridized carbons (Fsp3) is 1.00. The van der Waals surface area contributed by atoms with Gasteiger partial charge in [-0.1, -0.05) is 0 Å². The molecule has 0 aliphatic rings. The lowest BCUT2D eigenvalue weighted by atomic mass is 11.7. The van der Waals surface area contributed by atoms with E-state index in [1.807, 2.05) is 0 Å². The zero-order chi connectivity index (χ0) is 19.6. The molecule has 0 aliphatic carbocycles. The third-order valence-electron chi connectivity index (χ3n) is 4.20. The van der Waals surface area contributed by atoms with Crippen molar-refractivity contribution in [1.29, 1.82) is 0 Å². The predicted octanol–water partition coefficient (Wildman–Crippen LogP) is 0.733. The monoisotopic (exact) mass is 433 g/mol. The van der Waals surface area contributed by atoms with Crippen LogP contribution in [0.4, 0.5) is 0 Å². The van der Waals surface area contributed by atoms with Crippen LogP contribution >= 0.6 is 0 Å². The van der Waals surface area contributed by atoms with Crippen molar-refractivity contribution in [3.63, 3.8) is 0 Å². The maximum atomic E-state index is 5.60.